The molecule has 0 radical (unpaired) electrons. The summed E-state index contributed by atoms with van der Waals surface area (Å²) in [4.78, 5) is 15.8. The molecule has 162 valence electrons. The zero-order chi connectivity index (χ0) is 22.0. The van der Waals surface area contributed by atoms with E-state index in [0.29, 0.717) is 18.1 Å². The van der Waals surface area contributed by atoms with Crippen molar-refractivity contribution in [3.63, 3.8) is 0 Å². The monoisotopic (exact) mass is 432 g/mol. The Morgan fingerprint density at radius 2 is 1.87 bits per heavy atom. The Hall–Kier alpha value is -3.56. The molecular weight excluding hydrogens is 413 g/mol. The number of amides is 1. The van der Waals surface area contributed by atoms with E-state index < -0.39 is 12.5 Å². The van der Waals surface area contributed by atoms with Gasteiger partial charge in [0.2, 0.25) is 0 Å². The zero-order valence-corrected chi connectivity index (χ0v) is 16.5. The molecule has 3 aromatic rings. The Morgan fingerprint density at radius 1 is 1.16 bits per heavy atom. The molecule has 1 aromatic heterocycles. The van der Waals surface area contributed by atoms with Gasteiger partial charge in [0.15, 0.2) is 5.82 Å². The van der Waals surface area contributed by atoms with Crippen LogP contribution in [0.4, 0.5) is 18.0 Å². The van der Waals surface area contributed by atoms with Crippen LogP contribution >= 0.6 is 0 Å². The number of nitrogens with zero attached hydrogens (tertiary/aromatic N) is 3. The molecule has 10 heteroatoms. The number of alkyl halides is 3. The molecule has 31 heavy (non-hydrogen) atoms. The highest BCUT2D eigenvalue weighted by atomic mass is 19.4. The molecule has 1 amide bonds. The minimum Gasteiger partial charge on any atom is -0.450 e. The molecule has 0 spiro atoms. The van der Waals surface area contributed by atoms with E-state index in [9.17, 15) is 18.0 Å². The number of carbonyl (C=O) groups excluding carboxylic acids is 1. The highest BCUT2D eigenvalue weighted by Crippen LogP contribution is 2.41. The molecule has 0 aliphatic heterocycles. The fourth-order valence-electron chi connectivity index (χ4n) is 3.25. The van der Waals surface area contributed by atoms with Crippen LogP contribution in [0.2, 0.25) is 0 Å². The van der Waals surface area contributed by atoms with Crippen molar-refractivity contribution in [1.82, 2.24) is 20.1 Å². The average Bonchev–Trinajstić information content (AvgIpc) is 3.30. The highest BCUT2D eigenvalue weighted by Gasteiger charge is 2.39. The number of hydrogen-bond donors (Lipinski definition) is 1. The summed E-state index contributed by atoms with van der Waals surface area (Å²) in [6.45, 7) is 2.10. The Morgan fingerprint density at radius 3 is 2.52 bits per heavy atom. The summed E-state index contributed by atoms with van der Waals surface area (Å²) >= 11 is 0. The third kappa shape index (κ3) is 5.14. The third-order valence-corrected chi connectivity index (χ3v) is 4.79. The predicted molar refractivity (Wildman–Crippen MR) is 105 cm³/mol. The first-order valence-electron chi connectivity index (χ1n) is 9.64. The molecular formula is C21H19F3N4O3. The van der Waals surface area contributed by atoms with Crippen LogP contribution in [0.5, 0.6) is 5.75 Å². The molecule has 0 bridgehead atoms. The lowest BCUT2D eigenvalue weighted by atomic mass is 10.1. The zero-order valence-electron chi connectivity index (χ0n) is 16.5. The average molecular weight is 432 g/mol. The second-order valence-corrected chi connectivity index (χ2v) is 6.99. The lowest BCUT2D eigenvalue weighted by Gasteiger charge is -2.09. The first-order chi connectivity index (χ1) is 14.8. The van der Waals surface area contributed by atoms with Crippen LogP contribution in [-0.2, 0) is 4.74 Å². The van der Waals surface area contributed by atoms with Gasteiger partial charge in [-0.3, -0.25) is 0 Å². The summed E-state index contributed by atoms with van der Waals surface area (Å²) in [5, 5.41) is 7.22. The largest absolute Gasteiger partial charge is 0.573 e. The van der Waals surface area contributed by atoms with Crippen molar-refractivity contribution in [1.29, 1.82) is 0 Å². The Labute approximate surface area is 175 Å². The Balaban J connectivity index is 1.40. The quantitative estimate of drug-likeness (QED) is 0.623. The summed E-state index contributed by atoms with van der Waals surface area (Å²) in [5.74, 6) is 0.434. The van der Waals surface area contributed by atoms with E-state index >= 15 is 0 Å². The van der Waals surface area contributed by atoms with E-state index in [1.54, 1.807) is 6.92 Å². The molecule has 2 unspecified atom stereocenters. The summed E-state index contributed by atoms with van der Waals surface area (Å²) in [7, 11) is 0. The number of benzene rings is 2. The van der Waals surface area contributed by atoms with Crippen LogP contribution in [0, 0.1) is 0 Å². The molecule has 0 saturated heterocycles. The van der Waals surface area contributed by atoms with Gasteiger partial charge in [-0.05, 0) is 43.2 Å². The van der Waals surface area contributed by atoms with Gasteiger partial charge < -0.3 is 14.8 Å². The molecule has 1 saturated carbocycles. The molecule has 2 atom stereocenters. The fraction of sp³-hybridized carbons (Fsp3) is 0.286. The van der Waals surface area contributed by atoms with Crippen molar-refractivity contribution in [3.05, 3.63) is 60.4 Å². The van der Waals surface area contributed by atoms with E-state index in [2.05, 4.69) is 20.1 Å². The van der Waals surface area contributed by atoms with Gasteiger partial charge in [-0.2, -0.15) is 0 Å². The summed E-state index contributed by atoms with van der Waals surface area (Å²) in [5.41, 5.74) is 2.45. The predicted octanol–water partition coefficient (Wildman–Crippen LogP) is 4.43. The lowest BCUT2D eigenvalue weighted by molar-refractivity contribution is -0.274. The van der Waals surface area contributed by atoms with Gasteiger partial charge in [-0.15, -0.1) is 18.3 Å². The standard InChI is InChI=1S/C21H19F3N4O3/c1-2-30-20(29)26-18-11-17(18)13-3-5-14(6-4-13)19-25-12-28(27-19)15-7-9-16(10-8-15)31-21(22,23)24/h3-10,12,17-18H,2,11H2,1H3,(H,26,29). The Bertz CT molecular complexity index is 1050. The molecule has 1 fully saturated rings. The van der Waals surface area contributed by atoms with Gasteiger partial charge >= 0.3 is 12.5 Å². The van der Waals surface area contributed by atoms with Crippen LogP contribution in [-0.4, -0.2) is 39.9 Å². The molecule has 1 heterocycles. The van der Waals surface area contributed by atoms with Gasteiger partial charge in [0.25, 0.3) is 0 Å². The summed E-state index contributed by atoms with van der Waals surface area (Å²) in [6.07, 6.45) is -2.79. The topological polar surface area (TPSA) is 78.3 Å². The number of alkyl carbamates (subject to hydrolysis) is 1. The Kier molecular flexibility index (Phi) is 5.53. The van der Waals surface area contributed by atoms with Crippen molar-refractivity contribution in [3.8, 4) is 22.8 Å². The van der Waals surface area contributed by atoms with Crippen LogP contribution < -0.4 is 10.1 Å². The van der Waals surface area contributed by atoms with E-state index in [4.69, 9.17) is 4.74 Å². The summed E-state index contributed by atoms with van der Waals surface area (Å²) in [6, 6.07) is 13.2. The van der Waals surface area contributed by atoms with E-state index in [1.165, 1.54) is 35.3 Å². The van der Waals surface area contributed by atoms with E-state index in [1.807, 2.05) is 24.3 Å². The minimum absolute atomic E-state index is 0.0755. The van der Waals surface area contributed by atoms with Crippen LogP contribution in [0.1, 0.15) is 24.8 Å². The minimum atomic E-state index is -4.73. The normalized spacial score (nSPS) is 17.8. The fourth-order valence-corrected chi connectivity index (χ4v) is 3.25. The summed E-state index contributed by atoms with van der Waals surface area (Å²) < 4.78 is 47.1. The van der Waals surface area contributed by atoms with Crippen LogP contribution in [0.25, 0.3) is 17.1 Å². The number of ether oxygens (including phenoxy) is 2. The second-order valence-electron chi connectivity index (χ2n) is 6.99. The van der Waals surface area contributed by atoms with Gasteiger partial charge in [0, 0.05) is 17.5 Å². The maximum atomic E-state index is 12.3. The first-order valence-corrected chi connectivity index (χ1v) is 9.64. The van der Waals surface area contributed by atoms with Gasteiger partial charge in [-0.1, -0.05) is 24.3 Å². The third-order valence-electron chi connectivity index (χ3n) is 4.79. The van der Waals surface area contributed by atoms with Crippen molar-refractivity contribution in [2.24, 2.45) is 0 Å². The first kappa shape index (κ1) is 20.7. The number of aromatic nitrogens is 3. The lowest BCUT2D eigenvalue weighted by Crippen LogP contribution is -2.27. The van der Waals surface area contributed by atoms with E-state index in [-0.39, 0.29) is 17.7 Å². The van der Waals surface area contributed by atoms with Gasteiger partial charge in [0.1, 0.15) is 12.1 Å². The number of nitrogens with one attached hydrogen (secondary N) is 1. The molecule has 7 nitrogen and oxygen atoms in total. The molecule has 4 rings (SSSR count). The maximum Gasteiger partial charge on any atom is 0.573 e. The van der Waals surface area contributed by atoms with Gasteiger partial charge in [0.05, 0.1) is 12.3 Å². The second kappa shape index (κ2) is 8.29. The molecule has 1 aliphatic rings. The SMILES string of the molecule is CCOC(=O)NC1CC1c1ccc(-c2ncn(-c3ccc(OC(F)(F)F)cc3)n2)cc1. The van der Waals surface area contributed by atoms with Crippen molar-refractivity contribution in [2.45, 2.75) is 31.7 Å². The molecule has 1 N–H and O–H groups in total. The molecule has 2 aromatic carbocycles. The number of carbonyl (C=O) groups is 1. The number of halogens is 3. The maximum absolute atomic E-state index is 12.3. The highest BCUT2D eigenvalue weighted by molar-refractivity contribution is 5.68. The van der Waals surface area contributed by atoms with Crippen molar-refractivity contribution >= 4 is 6.09 Å². The van der Waals surface area contributed by atoms with Crippen molar-refractivity contribution in [2.75, 3.05) is 6.61 Å². The van der Waals surface area contributed by atoms with Gasteiger partial charge in [-0.25, -0.2) is 14.5 Å². The smallest absolute Gasteiger partial charge is 0.450 e. The van der Waals surface area contributed by atoms with Crippen LogP contribution in [0.15, 0.2) is 54.9 Å². The van der Waals surface area contributed by atoms with Crippen molar-refractivity contribution < 1.29 is 27.4 Å². The molecule has 1 aliphatic carbocycles. The number of rotatable bonds is 6. The van der Waals surface area contributed by atoms with Crippen LogP contribution in [0.3, 0.4) is 0 Å². The van der Waals surface area contributed by atoms with E-state index in [0.717, 1.165) is 17.5 Å². The number of hydrogen-bond acceptors (Lipinski definition) is 5.